The number of aromatic nitrogens is 3. The van der Waals surface area contributed by atoms with Crippen molar-refractivity contribution in [2.45, 2.75) is 30.8 Å². The minimum Gasteiger partial charge on any atom is -0.351 e. The van der Waals surface area contributed by atoms with E-state index in [0.717, 1.165) is 16.5 Å². The molecule has 1 aromatic heterocycles. The number of thioether (sulfide) groups is 1. The van der Waals surface area contributed by atoms with Crippen LogP contribution >= 0.6 is 23.4 Å². The van der Waals surface area contributed by atoms with Gasteiger partial charge in [-0.05, 0) is 31.5 Å². The zero-order valence-corrected chi connectivity index (χ0v) is 13.7. The molecule has 2 aromatic rings. The molecular formula is C14H17ClN4OS. The van der Waals surface area contributed by atoms with Gasteiger partial charge < -0.3 is 9.88 Å². The second-order valence-corrected chi connectivity index (χ2v) is 6.44. The number of amides is 1. The first-order valence-corrected chi connectivity index (χ1v) is 7.78. The van der Waals surface area contributed by atoms with Gasteiger partial charge in [-0.2, -0.15) is 0 Å². The van der Waals surface area contributed by atoms with Crippen molar-refractivity contribution in [3.63, 3.8) is 0 Å². The Labute approximate surface area is 133 Å². The minimum absolute atomic E-state index is 0.0318. The number of nitrogens with one attached hydrogen (secondary N) is 1. The maximum Gasteiger partial charge on any atom is 0.233 e. The van der Waals surface area contributed by atoms with E-state index in [1.807, 2.05) is 49.7 Å². The summed E-state index contributed by atoms with van der Waals surface area (Å²) in [5.74, 6) is 0.793. The Morgan fingerprint density at radius 2 is 2.05 bits per heavy atom. The molecule has 0 fully saturated rings. The van der Waals surface area contributed by atoms with Crippen molar-refractivity contribution < 1.29 is 4.79 Å². The Morgan fingerprint density at radius 3 is 2.62 bits per heavy atom. The van der Waals surface area contributed by atoms with Crippen molar-refractivity contribution in [1.29, 1.82) is 0 Å². The third kappa shape index (κ3) is 4.22. The largest absolute Gasteiger partial charge is 0.351 e. The maximum absolute atomic E-state index is 12.1. The maximum atomic E-state index is 12.1. The van der Waals surface area contributed by atoms with Crippen molar-refractivity contribution in [2.75, 3.05) is 0 Å². The molecule has 0 saturated carbocycles. The van der Waals surface area contributed by atoms with Crippen LogP contribution in [0.15, 0.2) is 29.4 Å². The molecule has 0 saturated heterocycles. The molecule has 0 aliphatic carbocycles. The van der Waals surface area contributed by atoms with Gasteiger partial charge in [-0.3, -0.25) is 4.79 Å². The summed E-state index contributed by atoms with van der Waals surface area (Å²) in [4.78, 5) is 12.1. The molecule has 1 aromatic carbocycles. The fourth-order valence-electron chi connectivity index (χ4n) is 1.64. The van der Waals surface area contributed by atoms with Gasteiger partial charge in [-0.1, -0.05) is 35.5 Å². The highest BCUT2D eigenvalue weighted by molar-refractivity contribution is 8.00. The van der Waals surface area contributed by atoms with Gasteiger partial charge in [0.1, 0.15) is 5.82 Å². The van der Waals surface area contributed by atoms with Crippen molar-refractivity contribution in [2.24, 2.45) is 7.05 Å². The Kier molecular flexibility index (Phi) is 5.25. The lowest BCUT2D eigenvalue weighted by molar-refractivity contribution is -0.120. The molecule has 0 bridgehead atoms. The van der Waals surface area contributed by atoms with Crippen LogP contribution in [-0.4, -0.2) is 25.9 Å². The van der Waals surface area contributed by atoms with E-state index in [4.69, 9.17) is 11.6 Å². The van der Waals surface area contributed by atoms with Gasteiger partial charge in [-0.15, -0.1) is 10.2 Å². The van der Waals surface area contributed by atoms with E-state index in [1.165, 1.54) is 11.8 Å². The number of nitrogens with zero attached hydrogens (tertiary/aromatic N) is 3. The molecule has 5 nitrogen and oxygen atoms in total. The first-order chi connectivity index (χ1) is 9.97. The van der Waals surface area contributed by atoms with Crippen LogP contribution in [0.2, 0.25) is 5.02 Å². The Balaban J connectivity index is 1.88. The highest BCUT2D eigenvalue weighted by Crippen LogP contribution is 2.21. The number of carbonyl (C=O) groups excluding carboxylic acids is 1. The summed E-state index contributed by atoms with van der Waals surface area (Å²) in [6, 6.07) is 7.41. The quantitative estimate of drug-likeness (QED) is 0.859. The Hall–Kier alpha value is -1.53. The van der Waals surface area contributed by atoms with Crippen LogP contribution in [-0.2, 0) is 18.4 Å². The summed E-state index contributed by atoms with van der Waals surface area (Å²) in [5.41, 5.74) is 1.01. The molecule has 0 spiro atoms. The van der Waals surface area contributed by atoms with Crippen molar-refractivity contribution >= 4 is 29.3 Å². The SMILES string of the molecule is Cc1nnc(S[C@@H](C)C(=O)NCc2ccc(Cl)cc2)n1C. The molecule has 1 heterocycles. The van der Waals surface area contributed by atoms with Gasteiger partial charge >= 0.3 is 0 Å². The normalized spacial score (nSPS) is 12.2. The third-order valence-electron chi connectivity index (χ3n) is 3.08. The van der Waals surface area contributed by atoms with Crippen LogP contribution in [0.25, 0.3) is 0 Å². The summed E-state index contributed by atoms with van der Waals surface area (Å²) in [5, 5.41) is 12.1. The molecular weight excluding hydrogens is 308 g/mol. The van der Waals surface area contributed by atoms with Crippen LogP contribution in [0, 0.1) is 6.92 Å². The van der Waals surface area contributed by atoms with E-state index in [1.54, 1.807) is 0 Å². The summed E-state index contributed by atoms with van der Waals surface area (Å²) >= 11 is 7.22. The van der Waals surface area contributed by atoms with Crippen molar-refractivity contribution in [3.8, 4) is 0 Å². The van der Waals surface area contributed by atoms with E-state index in [0.29, 0.717) is 11.6 Å². The zero-order chi connectivity index (χ0) is 15.4. The average Bonchev–Trinajstić information content (AvgIpc) is 2.78. The number of hydrogen-bond donors (Lipinski definition) is 1. The lowest BCUT2D eigenvalue weighted by Gasteiger charge is -2.11. The van der Waals surface area contributed by atoms with Gasteiger partial charge in [-0.25, -0.2) is 0 Å². The number of rotatable bonds is 5. The second-order valence-electron chi connectivity index (χ2n) is 4.69. The molecule has 1 N–H and O–H groups in total. The molecule has 21 heavy (non-hydrogen) atoms. The topological polar surface area (TPSA) is 59.8 Å². The number of benzene rings is 1. The summed E-state index contributed by atoms with van der Waals surface area (Å²) in [7, 11) is 1.88. The predicted molar refractivity (Wildman–Crippen MR) is 84.4 cm³/mol. The highest BCUT2D eigenvalue weighted by atomic mass is 35.5. The average molecular weight is 325 g/mol. The van der Waals surface area contributed by atoms with Crippen LogP contribution < -0.4 is 5.32 Å². The molecule has 0 radical (unpaired) electrons. The van der Waals surface area contributed by atoms with Crippen LogP contribution in [0.1, 0.15) is 18.3 Å². The summed E-state index contributed by atoms with van der Waals surface area (Å²) in [6.45, 7) is 4.22. The molecule has 112 valence electrons. The number of halogens is 1. The summed E-state index contributed by atoms with van der Waals surface area (Å²) < 4.78 is 1.87. The van der Waals surface area contributed by atoms with E-state index in [2.05, 4.69) is 15.5 Å². The number of aryl methyl sites for hydroxylation is 1. The van der Waals surface area contributed by atoms with E-state index in [9.17, 15) is 4.79 Å². The fourth-order valence-corrected chi connectivity index (χ4v) is 2.65. The Bertz CT molecular complexity index is 626. The second kappa shape index (κ2) is 6.95. The smallest absolute Gasteiger partial charge is 0.233 e. The van der Waals surface area contributed by atoms with Crippen LogP contribution in [0.3, 0.4) is 0 Å². The Morgan fingerprint density at radius 1 is 1.38 bits per heavy atom. The molecule has 1 amide bonds. The highest BCUT2D eigenvalue weighted by Gasteiger charge is 2.17. The molecule has 0 aliphatic heterocycles. The first kappa shape index (κ1) is 15.9. The lowest BCUT2D eigenvalue weighted by atomic mass is 10.2. The molecule has 7 heteroatoms. The molecule has 0 unspecified atom stereocenters. The van der Waals surface area contributed by atoms with Crippen LogP contribution in [0.4, 0.5) is 0 Å². The predicted octanol–water partition coefficient (Wildman–Crippen LogP) is 2.57. The lowest BCUT2D eigenvalue weighted by Crippen LogP contribution is -2.30. The van der Waals surface area contributed by atoms with Crippen molar-refractivity contribution in [1.82, 2.24) is 20.1 Å². The minimum atomic E-state index is -0.236. The monoisotopic (exact) mass is 324 g/mol. The number of hydrogen-bond acceptors (Lipinski definition) is 4. The fraction of sp³-hybridized carbons (Fsp3) is 0.357. The first-order valence-electron chi connectivity index (χ1n) is 6.52. The van der Waals surface area contributed by atoms with E-state index < -0.39 is 0 Å². The van der Waals surface area contributed by atoms with Gasteiger partial charge in [0.05, 0.1) is 5.25 Å². The zero-order valence-electron chi connectivity index (χ0n) is 12.1. The molecule has 1 atom stereocenters. The van der Waals surface area contributed by atoms with Gasteiger partial charge in [0.25, 0.3) is 0 Å². The van der Waals surface area contributed by atoms with Crippen molar-refractivity contribution in [3.05, 3.63) is 40.7 Å². The van der Waals surface area contributed by atoms with Gasteiger partial charge in [0.15, 0.2) is 5.16 Å². The molecule has 0 aliphatic rings. The third-order valence-corrected chi connectivity index (χ3v) is 4.47. The standard InChI is InChI=1S/C14H17ClN4OS/c1-9(21-14-18-17-10(2)19(14)3)13(20)16-8-11-4-6-12(15)7-5-11/h4-7,9H,8H2,1-3H3,(H,16,20)/t9-/m0/s1. The molecule has 2 rings (SSSR count). The van der Waals surface area contributed by atoms with Crippen LogP contribution in [0.5, 0.6) is 0 Å². The van der Waals surface area contributed by atoms with E-state index in [-0.39, 0.29) is 11.2 Å². The number of carbonyl (C=O) groups is 1. The van der Waals surface area contributed by atoms with E-state index >= 15 is 0 Å². The van der Waals surface area contributed by atoms with Gasteiger partial charge in [0, 0.05) is 18.6 Å². The van der Waals surface area contributed by atoms with Gasteiger partial charge in [0.2, 0.25) is 5.91 Å². The summed E-state index contributed by atoms with van der Waals surface area (Å²) in [6.07, 6.45) is 0.